The van der Waals surface area contributed by atoms with Gasteiger partial charge in [-0.3, -0.25) is 14.9 Å². The molecule has 2 aromatic carbocycles. The summed E-state index contributed by atoms with van der Waals surface area (Å²) in [7, 11) is 0. The number of nitro benzene ring substituents is 1. The summed E-state index contributed by atoms with van der Waals surface area (Å²) in [5.74, 6) is -1.47. The second-order valence-electron chi connectivity index (χ2n) is 5.35. The maximum absolute atomic E-state index is 12.3. The van der Waals surface area contributed by atoms with E-state index in [1.54, 1.807) is 12.1 Å². The number of hydrogen-bond donors (Lipinski definition) is 1. The molecule has 1 aromatic heterocycles. The summed E-state index contributed by atoms with van der Waals surface area (Å²) in [6, 6.07) is 10.1. The maximum atomic E-state index is 12.3. The number of carbonyl (C=O) groups is 2. The normalized spacial score (nSPS) is 10.4. The van der Waals surface area contributed by atoms with Crippen molar-refractivity contribution in [1.82, 2.24) is 20.2 Å². The average molecular weight is 368 g/mol. The molecule has 0 aliphatic rings. The molecule has 0 aliphatic heterocycles. The number of hydrogen-bond acceptors (Lipinski definition) is 8. The highest BCUT2D eigenvalue weighted by Crippen LogP contribution is 2.22. The smallest absolute Gasteiger partial charge is 0.338 e. The molecule has 1 amide bonds. The molecule has 2 N–H and O–H groups in total. The second-order valence-corrected chi connectivity index (χ2v) is 5.35. The molecule has 0 saturated heterocycles. The molecule has 3 aromatic rings. The minimum absolute atomic E-state index is 0.00841. The first-order chi connectivity index (χ1) is 13.0. The van der Waals surface area contributed by atoms with Crippen LogP contribution in [-0.4, -0.2) is 37.0 Å². The van der Waals surface area contributed by atoms with Crippen LogP contribution in [-0.2, 0) is 11.3 Å². The van der Waals surface area contributed by atoms with Crippen molar-refractivity contribution in [3.8, 4) is 5.69 Å². The summed E-state index contributed by atoms with van der Waals surface area (Å²) >= 11 is 0. The van der Waals surface area contributed by atoms with Gasteiger partial charge in [0.2, 0.25) is 5.91 Å². The SMILES string of the molecule is NC(=O)c1ccc(COC(=O)c2cccc(-n3cnnn3)c2)c([N+](=O)[O-])c1. The molecule has 0 unspecified atom stereocenters. The Labute approximate surface area is 151 Å². The largest absolute Gasteiger partial charge is 0.457 e. The zero-order valence-corrected chi connectivity index (χ0v) is 13.7. The molecule has 0 spiro atoms. The molecule has 0 bridgehead atoms. The zero-order chi connectivity index (χ0) is 19.4. The van der Waals surface area contributed by atoms with Gasteiger partial charge in [-0.15, -0.1) is 5.10 Å². The van der Waals surface area contributed by atoms with Crippen molar-refractivity contribution in [2.45, 2.75) is 6.61 Å². The van der Waals surface area contributed by atoms with Gasteiger partial charge in [-0.05, 0) is 40.8 Å². The summed E-state index contributed by atoms with van der Waals surface area (Å²) in [5, 5.41) is 21.9. The van der Waals surface area contributed by atoms with E-state index >= 15 is 0 Å². The van der Waals surface area contributed by atoms with Gasteiger partial charge in [-0.1, -0.05) is 6.07 Å². The van der Waals surface area contributed by atoms with Gasteiger partial charge in [0, 0.05) is 11.6 Å². The third-order valence-electron chi connectivity index (χ3n) is 3.62. The van der Waals surface area contributed by atoms with Crippen LogP contribution in [0.2, 0.25) is 0 Å². The predicted molar refractivity (Wildman–Crippen MR) is 89.9 cm³/mol. The van der Waals surface area contributed by atoms with Gasteiger partial charge in [0.25, 0.3) is 5.69 Å². The lowest BCUT2D eigenvalue weighted by Crippen LogP contribution is -2.12. The van der Waals surface area contributed by atoms with Gasteiger partial charge in [0.05, 0.1) is 21.7 Å². The minimum atomic E-state index is -0.791. The number of ether oxygens (including phenoxy) is 1. The van der Waals surface area contributed by atoms with Crippen LogP contribution < -0.4 is 5.73 Å². The topological polar surface area (TPSA) is 156 Å². The fourth-order valence-corrected chi connectivity index (χ4v) is 2.29. The van der Waals surface area contributed by atoms with Gasteiger partial charge < -0.3 is 10.5 Å². The lowest BCUT2D eigenvalue weighted by molar-refractivity contribution is -0.385. The van der Waals surface area contributed by atoms with E-state index in [0.717, 1.165) is 6.07 Å². The number of nitrogens with two attached hydrogens (primary N) is 1. The molecule has 11 nitrogen and oxygen atoms in total. The number of amides is 1. The molecule has 0 aliphatic carbocycles. The van der Waals surface area contributed by atoms with Crippen molar-refractivity contribution in [2.24, 2.45) is 5.73 Å². The Morgan fingerprint density at radius 1 is 1.19 bits per heavy atom. The highest BCUT2D eigenvalue weighted by atomic mass is 16.6. The summed E-state index contributed by atoms with van der Waals surface area (Å²) in [6.07, 6.45) is 1.37. The molecule has 1 heterocycles. The van der Waals surface area contributed by atoms with Crippen LogP contribution in [0, 0.1) is 10.1 Å². The van der Waals surface area contributed by atoms with Crippen LogP contribution in [0.1, 0.15) is 26.3 Å². The first-order valence-corrected chi connectivity index (χ1v) is 7.53. The number of esters is 1. The molecule has 27 heavy (non-hydrogen) atoms. The Morgan fingerprint density at radius 3 is 2.67 bits per heavy atom. The molecule has 0 saturated carbocycles. The molecule has 136 valence electrons. The van der Waals surface area contributed by atoms with E-state index in [2.05, 4.69) is 15.5 Å². The Balaban J connectivity index is 1.77. The van der Waals surface area contributed by atoms with Gasteiger partial charge >= 0.3 is 5.97 Å². The molecule has 3 rings (SSSR count). The lowest BCUT2D eigenvalue weighted by atomic mass is 10.1. The molecule has 11 heteroatoms. The first-order valence-electron chi connectivity index (χ1n) is 7.53. The fourth-order valence-electron chi connectivity index (χ4n) is 2.29. The number of tetrazole rings is 1. The van der Waals surface area contributed by atoms with E-state index in [0.29, 0.717) is 5.69 Å². The van der Waals surface area contributed by atoms with Crippen LogP contribution in [0.3, 0.4) is 0 Å². The molecular formula is C16H12N6O5. The van der Waals surface area contributed by atoms with E-state index < -0.39 is 16.8 Å². The summed E-state index contributed by atoms with van der Waals surface area (Å²) in [6.45, 7) is -0.344. The van der Waals surface area contributed by atoms with Crippen molar-refractivity contribution < 1.29 is 19.2 Å². The van der Waals surface area contributed by atoms with Crippen molar-refractivity contribution in [3.05, 3.63) is 75.6 Å². The predicted octanol–water partition coefficient (Wildman–Crippen LogP) is 1.03. The average Bonchev–Trinajstić information content (AvgIpc) is 3.20. The Kier molecular flexibility index (Phi) is 4.84. The monoisotopic (exact) mass is 368 g/mol. The molecule has 0 radical (unpaired) electrons. The first kappa shape index (κ1) is 17.7. The van der Waals surface area contributed by atoms with Crippen molar-refractivity contribution >= 4 is 17.6 Å². The van der Waals surface area contributed by atoms with Gasteiger partial charge in [0.15, 0.2) is 0 Å². The van der Waals surface area contributed by atoms with E-state index in [4.69, 9.17) is 10.5 Å². The van der Waals surface area contributed by atoms with Gasteiger partial charge in [-0.25, -0.2) is 9.48 Å². The van der Waals surface area contributed by atoms with E-state index in [1.165, 1.54) is 35.3 Å². The van der Waals surface area contributed by atoms with E-state index in [-0.39, 0.29) is 29.0 Å². The Bertz CT molecular complexity index is 1020. The van der Waals surface area contributed by atoms with Crippen molar-refractivity contribution in [2.75, 3.05) is 0 Å². The molecule has 0 atom stereocenters. The van der Waals surface area contributed by atoms with Crippen molar-refractivity contribution in [1.29, 1.82) is 0 Å². The third kappa shape index (κ3) is 3.92. The zero-order valence-electron chi connectivity index (χ0n) is 13.7. The van der Waals surface area contributed by atoms with Gasteiger partial charge in [-0.2, -0.15) is 0 Å². The number of nitro groups is 1. The number of rotatable bonds is 6. The lowest BCUT2D eigenvalue weighted by Gasteiger charge is -2.07. The summed E-state index contributed by atoms with van der Waals surface area (Å²) < 4.78 is 6.52. The highest BCUT2D eigenvalue weighted by Gasteiger charge is 2.18. The number of carbonyl (C=O) groups excluding carboxylic acids is 2. The van der Waals surface area contributed by atoms with Crippen LogP contribution >= 0.6 is 0 Å². The standard InChI is InChI=1S/C16H12N6O5/c17-15(23)10-4-5-12(14(7-10)22(25)26)8-27-16(24)11-2-1-3-13(6-11)21-9-18-19-20-21/h1-7,9H,8H2,(H2,17,23). The summed E-state index contributed by atoms with van der Waals surface area (Å²) in [5.41, 5.74) is 5.66. The second kappa shape index (κ2) is 7.39. The maximum Gasteiger partial charge on any atom is 0.338 e. The van der Waals surface area contributed by atoms with Gasteiger partial charge in [0.1, 0.15) is 12.9 Å². The number of aromatic nitrogens is 4. The molecule has 0 fully saturated rings. The quantitative estimate of drug-likeness (QED) is 0.384. The fraction of sp³-hybridized carbons (Fsp3) is 0.0625. The number of nitrogens with zero attached hydrogens (tertiary/aromatic N) is 5. The van der Waals surface area contributed by atoms with E-state index in [1.807, 2.05) is 0 Å². The van der Waals surface area contributed by atoms with Crippen LogP contribution in [0.15, 0.2) is 48.8 Å². The van der Waals surface area contributed by atoms with Crippen LogP contribution in [0.25, 0.3) is 5.69 Å². The number of benzene rings is 2. The summed E-state index contributed by atoms with van der Waals surface area (Å²) in [4.78, 5) is 33.9. The molecular weight excluding hydrogens is 356 g/mol. The minimum Gasteiger partial charge on any atom is -0.457 e. The Morgan fingerprint density at radius 2 is 2.00 bits per heavy atom. The highest BCUT2D eigenvalue weighted by molar-refractivity contribution is 5.93. The van der Waals surface area contributed by atoms with Crippen LogP contribution in [0.5, 0.6) is 0 Å². The number of primary amides is 1. The Hall–Kier alpha value is -4.15. The van der Waals surface area contributed by atoms with E-state index in [9.17, 15) is 19.7 Å². The third-order valence-corrected chi connectivity index (χ3v) is 3.62. The van der Waals surface area contributed by atoms with Crippen LogP contribution in [0.4, 0.5) is 5.69 Å². The van der Waals surface area contributed by atoms with Crippen molar-refractivity contribution in [3.63, 3.8) is 0 Å².